The zero-order valence-corrected chi connectivity index (χ0v) is 13.6. The zero-order chi connectivity index (χ0) is 14.7. The normalized spacial score (nSPS) is 22.1. The summed E-state index contributed by atoms with van der Waals surface area (Å²) in [5.41, 5.74) is 1.07. The minimum atomic E-state index is -0.923. The van der Waals surface area contributed by atoms with E-state index in [0.717, 1.165) is 5.56 Å². The summed E-state index contributed by atoms with van der Waals surface area (Å²) in [6.07, 6.45) is 3.61. The first-order valence-electron chi connectivity index (χ1n) is 6.52. The zero-order valence-electron chi connectivity index (χ0n) is 12.0. The van der Waals surface area contributed by atoms with E-state index in [1.54, 1.807) is 22.9 Å². The molecule has 0 aromatic heterocycles. The maximum absolute atomic E-state index is 12.0. The molecule has 0 spiro atoms. The SMILES string of the molecule is CSc1ccc(C2NCC(=O)N2CC(C)S(C)=O)cc1. The molecule has 1 amide bonds. The summed E-state index contributed by atoms with van der Waals surface area (Å²) in [6, 6.07) is 8.21. The van der Waals surface area contributed by atoms with Gasteiger partial charge >= 0.3 is 0 Å². The van der Waals surface area contributed by atoms with Crippen LogP contribution < -0.4 is 5.32 Å². The van der Waals surface area contributed by atoms with Gasteiger partial charge in [-0.25, -0.2) is 0 Å². The van der Waals surface area contributed by atoms with Crippen molar-refractivity contribution in [3.8, 4) is 0 Å². The summed E-state index contributed by atoms with van der Waals surface area (Å²) in [6.45, 7) is 2.78. The average Bonchev–Trinajstić information content (AvgIpc) is 2.80. The Labute approximate surface area is 126 Å². The van der Waals surface area contributed by atoms with Crippen LogP contribution in [0.3, 0.4) is 0 Å². The van der Waals surface area contributed by atoms with Crippen LogP contribution >= 0.6 is 11.8 Å². The molecule has 1 aliphatic rings. The number of nitrogens with one attached hydrogen (secondary N) is 1. The summed E-state index contributed by atoms with van der Waals surface area (Å²) in [7, 11) is -0.923. The Balaban J connectivity index is 2.16. The van der Waals surface area contributed by atoms with Gasteiger partial charge in [0.2, 0.25) is 5.91 Å². The fourth-order valence-corrected chi connectivity index (χ4v) is 2.99. The Morgan fingerprint density at radius 2 is 2.10 bits per heavy atom. The van der Waals surface area contributed by atoms with Crippen molar-refractivity contribution >= 4 is 28.5 Å². The van der Waals surface area contributed by atoms with Crippen molar-refractivity contribution in [2.24, 2.45) is 0 Å². The van der Waals surface area contributed by atoms with Gasteiger partial charge in [-0.15, -0.1) is 11.8 Å². The molecule has 3 unspecified atom stereocenters. The van der Waals surface area contributed by atoms with E-state index in [2.05, 4.69) is 17.4 Å². The second kappa shape index (κ2) is 6.74. The van der Waals surface area contributed by atoms with Crippen molar-refractivity contribution in [2.75, 3.05) is 25.6 Å². The summed E-state index contributed by atoms with van der Waals surface area (Å²) in [5, 5.41) is 3.20. The number of hydrogen-bond acceptors (Lipinski definition) is 4. The Kier molecular flexibility index (Phi) is 5.23. The standard InChI is InChI=1S/C14H20N2O2S2/c1-10(20(3)18)9-16-13(17)8-15-14(16)11-4-6-12(19-2)7-5-11/h4-7,10,14-15H,8-9H2,1-3H3. The van der Waals surface area contributed by atoms with Crippen molar-refractivity contribution in [1.29, 1.82) is 0 Å². The van der Waals surface area contributed by atoms with Crippen molar-refractivity contribution in [1.82, 2.24) is 10.2 Å². The molecule has 1 heterocycles. The topological polar surface area (TPSA) is 49.4 Å². The van der Waals surface area contributed by atoms with Gasteiger partial charge in [-0.2, -0.15) is 0 Å². The van der Waals surface area contributed by atoms with Gasteiger partial charge in [0, 0.05) is 33.7 Å². The molecule has 1 aliphatic heterocycles. The van der Waals surface area contributed by atoms with Crippen LogP contribution in [0.15, 0.2) is 29.2 Å². The molecule has 1 saturated heterocycles. The first-order valence-corrected chi connectivity index (χ1v) is 9.36. The van der Waals surface area contributed by atoms with Crippen LogP contribution in [0.1, 0.15) is 18.7 Å². The van der Waals surface area contributed by atoms with E-state index >= 15 is 0 Å². The minimum absolute atomic E-state index is 0.0215. The minimum Gasteiger partial charge on any atom is -0.321 e. The van der Waals surface area contributed by atoms with Crippen LogP contribution in [0.2, 0.25) is 0 Å². The molecular weight excluding hydrogens is 292 g/mol. The van der Waals surface area contributed by atoms with Gasteiger partial charge in [-0.3, -0.25) is 14.3 Å². The lowest BCUT2D eigenvalue weighted by molar-refractivity contribution is -0.128. The number of hydrogen-bond donors (Lipinski definition) is 1. The van der Waals surface area contributed by atoms with E-state index in [0.29, 0.717) is 13.1 Å². The maximum atomic E-state index is 12.0. The third kappa shape index (κ3) is 3.42. The van der Waals surface area contributed by atoms with Crippen molar-refractivity contribution in [3.05, 3.63) is 29.8 Å². The highest BCUT2D eigenvalue weighted by Gasteiger charge is 2.32. The lowest BCUT2D eigenvalue weighted by Gasteiger charge is -2.27. The third-order valence-electron chi connectivity index (χ3n) is 3.53. The molecule has 20 heavy (non-hydrogen) atoms. The highest BCUT2D eigenvalue weighted by Crippen LogP contribution is 2.25. The Hall–Kier alpha value is -0.850. The molecule has 2 rings (SSSR count). The lowest BCUT2D eigenvalue weighted by atomic mass is 10.1. The van der Waals surface area contributed by atoms with Crippen LogP contribution in [0.25, 0.3) is 0 Å². The van der Waals surface area contributed by atoms with Gasteiger partial charge < -0.3 is 4.90 Å². The molecule has 0 saturated carbocycles. The first-order chi connectivity index (χ1) is 9.52. The number of benzene rings is 1. The number of rotatable bonds is 5. The van der Waals surface area contributed by atoms with Crippen molar-refractivity contribution < 1.29 is 9.00 Å². The molecule has 1 aromatic rings. The van der Waals surface area contributed by atoms with Gasteiger partial charge in [0.25, 0.3) is 0 Å². The molecule has 0 bridgehead atoms. The van der Waals surface area contributed by atoms with Gasteiger partial charge in [-0.1, -0.05) is 12.1 Å². The number of nitrogens with zero attached hydrogens (tertiary/aromatic N) is 1. The summed E-state index contributed by atoms with van der Waals surface area (Å²) < 4.78 is 11.5. The molecule has 1 aromatic carbocycles. The average molecular weight is 312 g/mol. The monoisotopic (exact) mass is 312 g/mol. The van der Waals surface area contributed by atoms with Crippen LogP contribution in [-0.2, 0) is 15.6 Å². The second-order valence-corrected chi connectivity index (χ2v) is 7.59. The lowest BCUT2D eigenvalue weighted by Crippen LogP contribution is -2.37. The fraction of sp³-hybridized carbons (Fsp3) is 0.500. The number of carbonyl (C=O) groups is 1. The van der Waals surface area contributed by atoms with Crippen LogP contribution in [-0.4, -0.2) is 45.9 Å². The van der Waals surface area contributed by atoms with Gasteiger partial charge in [0.05, 0.1) is 6.54 Å². The van der Waals surface area contributed by atoms with Crippen LogP contribution in [0.4, 0.5) is 0 Å². The van der Waals surface area contributed by atoms with Gasteiger partial charge in [0.15, 0.2) is 0 Å². The highest BCUT2D eigenvalue weighted by atomic mass is 32.2. The molecule has 4 nitrogen and oxygen atoms in total. The third-order valence-corrected chi connectivity index (χ3v) is 5.56. The highest BCUT2D eigenvalue weighted by molar-refractivity contribution is 7.98. The van der Waals surface area contributed by atoms with E-state index in [9.17, 15) is 9.00 Å². The Morgan fingerprint density at radius 3 is 2.65 bits per heavy atom. The molecule has 110 valence electrons. The quantitative estimate of drug-likeness (QED) is 0.839. The molecule has 1 N–H and O–H groups in total. The van der Waals surface area contributed by atoms with Crippen molar-refractivity contribution in [2.45, 2.75) is 23.2 Å². The molecule has 1 fully saturated rings. The van der Waals surface area contributed by atoms with E-state index in [4.69, 9.17) is 0 Å². The summed E-state index contributed by atoms with van der Waals surface area (Å²) >= 11 is 1.69. The molecule has 0 radical (unpaired) electrons. The predicted octanol–water partition coefficient (Wildman–Crippen LogP) is 1.61. The number of carbonyl (C=O) groups excluding carboxylic acids is 1. The van der Waals surface area contributed by atoms with E-state index in [1.165, 1.54) is 4.90 Å². The van der Waals surface area contributed by atoms with Crippen LogP contribution in [0.5, 0.6) is 0 Å². The number of amides is 1. The molecule has 0 aliphatic carbocycles. The fourth-order valence-electron chi connectivity index (χ4n) is 2.21. The van der Waals surface area contributed by atoms with Crippen LogP contribution in [0, 0.1) is 0 Å². The smallest absolute Gasteiger partial charge is 0.238 e. The first kappa shape index (κ1) is 15.5. The summed E-state index contributed by atoms with van der Waals surface area (Å²) in [5.74, 6) is 0.0706. The van der Waals surface area contributed by atoms with Crippen molar-refractivity contribution in [3.63, 3.8) is 0 Å². The summed E-state index contributed by atoms with van der Waals surface area (Å²) in [4.78, 5) is 15.0. The molecule has 3 atom stereocenters. The van der Waals surface area contributed by atoms with Gasteiger partial charge in [-0.05, 0) is 30.9 Å². The Morgan fingerprint density at radius 1 is 1.45 bits per heavy atom. The predicted molar refractivity (Wildman–Crippen MR) is 84.2 cm³/mol. The van der Waals surface area contributed by atoms with E-state index < -0.39 is 10.8 Å². The van der Waals surface area contributed by atoms with Gasteiger partial charge in [0.1, 0.15) is 6.17 Å². The Bertz CT molecular complexity index is 504. The van der Waals surface area contributed by atoms with E-state index in [1.807, 2.05) is 25.3 Å². The second-order valence-electron chi connectivity index (χ2n) is 4.91. The molecule has 6 heteroatoms. The van der Waals surface area contributed by atoms with E-state index in [-0.39, 0.29) is 17.3 Å². The molecular formula is C14H20N2O2S2. The number of thioether (sulfide) groups is 1. The maximum Gasteiger partial charge on any atom is 0.238 e. The largest absolute Gasteiger partial charge is 0.321 e.